The van der Waals surface area contributed by atoms with E-state index >= 15 is 0 Å². The largest absolute Gasteiger partial charge is 0.508 e. The number of hydrogen-bond acceptors (Lipinski definition) is 6. The number of imide groups is 2. The summed E-state index contributed by atoms with van der Waals surface area (Å²) in [6.45, 7) is 1.56. The van der Waals surface area contributed by atoms with E-state index in [1.165, 1.54) is 30.3 Å². The summed E-state index contributed by atoms with van der Waals surface area (Å²) in [5.74, 6) is -1.99. The van der Waals surface area contributed by atoms with Gasteiger partial charge in [-0.3, -0.25) is 19.7 Å². The van der Waals surface area contributed by atoms with Crippen molar-refractivity contribution in [1.29, 1.82) is 0 Å². The number of phenolic OH excluding ortho intramolecular Hbond substituents is 1. The second-order valence-electron chi connectivity index (χ2n) is 7.99. The minimum Gasteiger partial charge on any atom is -0.508 e. The number of rotatable bonds is 6. The lowest BCUT2D eigenvalue weighted by Crippen LogP contribution is -2.54. The number of benzene rings is 3. The molecule has 0 radical (unpaired) electrons. The van der Waals surface area contributed by atoms with Gasteiger partial charge in [0.15, 0.2) is 6.61 Å². The Hall–Kier alpha value is -3.96. The zero-order valence-electron chi connectivity index (χ0n) is 19.2. The standard InChI is InChI=1S/C26H19Br2N3O6/c1-14-3-2-4-17(9-14)29-22(33)13-37-23-15(10-16(27)12-21(23)28)11-20-24(34)30-26(36)31(25(20)35)18-5-7-19(32)8-6-18/h2-12,32H,13H2,1H3,(H,29,33)(H,30,34,36)/b20-11-. The number of amides is 5. The highest BCUT2D eigenvalue weighted by molar-refractivity contribution is 9.11. The Bertz CT molecular complexity index is 1450. The average Bonchev–Trinajstić information content (AvgIpc) is 2.82. The second kappa shape index (κ2) is 11.0. The molecule has 0 aliphatic carbocycles. The van der Waals surface area contributed by atoms with Crippen molar-refractivity contribution < 1.29 is 29.0 Å². The lowest BCUT2D eigenvalue weighted by atomic mass is 10.1. The highest BCUT2D eigenvalue weighted by Gasteiger charge is 2.37. The number of aromatic hydroxyl groups is 1. The first-order valence-corrected chi connectivity index (χ1v) is 12.4. The summed E-state index contributed by atoms with van der Waals surface area (Å²) < 4.78 is 6.84. The number of barbiturate groups is 1. The predicted molar refractivity (Wildman–Crippen MR) is 144 cm³/mol. The van der Waals surface area contributed by atoms with Gasteiger partial charge in [-0.15, -0.1) is 0 Å². The molecule has 1 aliphatic heterocycles. The maximum atomic E-state index is 13.2. The van der Waals surface area contributed by atoms with Gasteiger partial charge < -0.3 is 15.2 Å². The molecule has 1 saturated heterocycles. The van der Waals surface area contributed by atoms with Crippen LogP contribution in [0.3, 0.4) is 0 Å². The van der Waals surface area contributed by atoms with Crippen LogP contribution in [0.4, 0.5) is 16.2 Å². The molecule has 0 atom stereocenters. The number of aryl methyl sites for hydroxylation is 1. The van der Waals surface area contributed by atoms with Crippen LogP contribution in [0.25, 0.3) is 6.08 Å². The number of carbonyl (C=O) groups excluding carboxylic acids is 4. The summed E-state index contributed by atoms with van der Waals surface area (Å²) >= 11 is 6.77. The molecular formula is C26H19Br2N3O6. The number of halogens is 2. The first kappa shape index (κ1) is 26.1. The van der Waals surface area contributed by atoms with Crippen LogP contribution >= 0.6 is 31.9 Å². The zero-order valence-corrected chi connectivity index (χ0v) is 22.4. The van der Waals surface area contributed by atoms with Crippen LogP contribution in [0.5, 0.6) is 11.5 Å². The predicted octanol–water partition coefficient (Wildman–Crippen LogP) is 4.91. The van der Waals surface area contributed by atoms with Gasteiger partial charge in [-0.05, 0) is 83.0 Å². The van der Waals surface area contributed by atoms with Crippen LogP contribution in [0.1, 0.15) is 11.1 Å². The van der Waals surface area contributed by atoms with Gasteiger partial charge in [-0.1, -0.05) is 28.1 Å². The zero-order chi connectivity index (χ0) is 26.7. The molecular weight excluding hydrogens is 610 g/mol. The van der Waals surface area contributed by atoms with Crippen molar-refractivity contribution in [2.24, 2.45) is 0 Å². The fourth-order valence-corrected chi connectivity index (χ4v) is 4.92. The molecule has 0 bridgehead atoms. The Morgan fingerprint density at radius 1 is 1.08 bits per heavy atom. The Labute approximate surface area is 228 Å². The summed E-state index contributed by atoms with van der Waals surface area (Å²) in [6.07, 6.45) is 1.28. The molecule has 0 unspecified atom stereocenters. The first-order valence-electron chi connectivity index (χ1n) is 10.8. The van der Waals surface area contributed by atoms with Crippen LogP contribution in [0.2, 0.25) is 0 Å². The van der Waals surface area contributed by atoms with E-state index in [1.54, 1.807) is 18.2 Å². The van der Waals surface area contributed by atoms with Gasteiger partial charge in [0.05, 0.1) is 10.2 Å². The number of nitrogens with zero attached hydrogens (tertiary/aromatic N) is 1. The molecule has 5 amide bonds. The van der Waals surface area contributed by atoms with Gasteiger partial charge in [-0.2, -0.15) is 0 Å². The van der Waals surface area contributed by atoms with Crippen LogP contribution in [0.15, 0.2) is 75.2 Å². The number of nitrogens with one attached hydrogen (secondary N) is 2. The van der Waals surface area contributed by atoms with Crippen molar-refractivity contribution >= 4 is 73.1 Å². The summed E-state index contributed by atoms with van der Waals surface area (Å²) in [6, 6.07) is 15.0. The molecule has 1 aliphatic rings. The van der Waals surface area contributed by atoms with E-state index in [1.807, 2.05) is 25.1 Å². The van der Waals surface area contributed by atoms with Crippen molar-refractivity contribution in [3.63, 3.8) is 0 Å². The second-order valence-corrected chi connectivity index (χ2v) is 9.76. The summed E-state index contributed by atoms with van der Waals surface area (Å²) in [4.78, 5) is 51.5. The van der Waals surface area contributed by atoms with Crippen molar-refractivity contribution in [1.82, 2.24) is 5.32 Å². The quantitative estimate of drug-likeness (QED) is 0.263. The number of ether oxygens (including phenoxy) is 1. The van der Waals surface area contributed by atoms with E-state index in [2.05, 4.69) is 42.5 Å². The Balaban J connectivity index is 1.62. The molecule has 11 heteroatoms. The van der Waals surface area contributed by atoms with E-state index in [4.69, 9.17) is 4.74 Å². The minimum atomic E-state index is -0.919. The Kier molecular flexibility index (Phi) is 7.74. The maximum absolute atomic E-state index is 13.2. The van der Waals surface area contributed by atoms with E-state index in [-0.39, 0.29) is 29.4 Å². The fraction of sp³-hybridized carbons (Fsp3) is 0.0769. The number of anilines is 2. The average molecular weight is 629 g/mol. The number of carbonyl (C=O) groups is 4. The lowest BCUT2D eigenvalue weighted by molar-refractivity contribution is -0.122. The van der Waals surface area contributed by atoms with E-state index < -0.39 is 23.8 Å². The van der Waals surface area contributed by atoms with E-state index in [9.17, 15) is 24.3 Å². The highest BCUT2D eigenvalue weighted by Crippen LogP contribution is 2.35. The fourth-order valence-electron chi connectivity index (χ4n) is 3.55. The van der Waals surface area contributed by atoms with Crippen molar-refractivity contribution in [2.45, 2.75) is 6.92 Å². The monoisotopic (exact) mass is 627 g/mol. The number of urea groups is 1. The third-order valence-electron chi connectivity index (χ3n) is 5.20. The molecule has 3 aromatic carbocycles. The SMILES string of the molecule is Cc1cccc(NC(=O)COc2c(Br)cc(Br)cc2/C=C2/C(=O)NC(=O)N(c3ccc(O)cc3)C2=O)c1. The smallest absolute Gasteiger partial charge is 0.335 e. The summed E-state index contributed by atoms with van der Waals surface area (Å²) in [7, 11) is 0. The lowest BCUT2D eigenvalue weighted by Gasteiger charge is -2.26. The van der Waals surface area contributed by atoms with Gasteiger partial charge >= 0.3 is 6.03 Å². The van der Waals surface area contributed by atoms with E-state index in [0.717, 1.165) is 10.5 Å². The third kappa shape index (κ3) is 6.07. The number of hydrogen-bond donors (Lipinski definition) is 3. The molecule has 188 valence electrons. The topological polar surface area (TPSA) is 125 Å². The molecule has 0 spiro atoms. The highest BCUT2D eigenvalue weighted by atomic mass is 79.9. The van der Waals surface area contributed by atoms with Gasteiger partial charge in [0.2, 0.25) is 0 Å². The van der Waals surface area contributed by atoms with Crippen LogP contribution < -0.4 is 20.3 Å². The Morgan fingerprint density at radius 2 is 1.81 bits per heavy atom. The minimum absolute atomic E-state index is 0.0485. The third-order valence-corrected chi connectivity index (χ3v) is 6.24. The van der Waals surface area contributed by atoms with Crippen molar-refractivity contribution in [2.75, 3.05) is 16.8 Å². The van der Waals surface area contributed by atoms with Crippen molar-refractivity contribution in [3.05, 3.63) is 86.3 Å². The molecule has 0 saturated carbocycles. The molecule has 3 N–H and O–H groups in total. The van der Waals surface area contributed by atoms with Gasteiger partial charge in [0.25, 0.3) is 17.7 Å². The molecule has 9 nitrogen and oxygen atoms in total. The first-order chi connectivity index (χ1) is 17.6. The van der Waals surface area contributed by atoms with Gasteiger partial charge in [-0.25, -0.2) is 9.69 Å². The number of phenols is 1. The van der Waals surface area contributed by atoms with E-state index in [0.29, 0.717) is 20.2 Å². The van der Waals surface area contributed by atoms with Gasteiger partial charge in [0.1, 0.15) is 17.1 Å². The summed E-state index contributed by atoms with van der Waals surface area (Å²) in [5, 5.41) is 14.4. The molecule has 4 rings (SSSR count). The molecule has 0 aromatic heterocycles. The maximum Gasteiger partial charge on any atom is 0.335 e. The van der Waals surface area contributed by atoms with Gasteiger partial charge in [0, 0.05) is 15.7 Å². The molecule has 1 fully saturated rings. The van der Waals surface area contributed by atoms with Crippen LogP contribution in [-0.2, 0) is 14.4 Å². The van der Waals surface area contributed by atoms with Crippen molar-refractivity contribution in [3.8, 4) is 11.5 Å². The van der Waals surface area contributed by atoms with Crippen LogP contribution in [-0.4, -0.2) is 35.5 Å². The summed E-state index contributed by atoms with van der Waals surface area (Å²) in [5.41, 5.74) is 1.75. The molecule has 1 heterocycles. The molecule has 3 aromatic rings. The molecule has 37 heavy (non-hydrogen) atoms. The normalized spacial score (nSPS) is 14.5. The van der Waals surface area contributed by atoms with Crippen LogP contribution in [0, 0.1) is 6.92 Å². The Morgan fingerprint density at radius 3 is 2.51 bits per heavy atom.